The van der Waals surface area contributed by atoms with Crippen LogP contribution in [0.5, 0.6) is 0 Å². The van der Waals surface area contributed by atoms with Crippen molar-refractivity contribution in [1.82, 2.24) is 9.80 Å². The lowest BCUT2D eigenvalue weighted by Gasteiger charge is -2.37. The smallest absolute Gasteiger partial charge is 0.348 e. The van der Waals surface area contributed by atoms with Crippen molar-refractivity contribution in [1.29, 1.82) is 5.26 Å². The molecule has 192 valence electrons. The van der Waals surface area contributed by atoms with Crippen molar-refractivity contribution in [3.8, 4) is 6.07 Å². The second-order valence-electron chi connectivity index (χ2n) is 9.28. The molecule has 0 saturated carbocycles. The van der Waals surface area contributed by atoms with E-state index in [9.17, 15) is 19.6 Å². The Morgan fingerprint density at radius 1 is 0.921 bits per heavy atom. The number of ether oxygens (including phenoxy) is 1. The van der Waals surface area contributed by atoms with Crippen molar-refractivity contribution >= 4 is 40.3 Å². The normalized spacial score (nSPS) is 16.1. The Balaban J connectivity index is 1.17. The molecule has 8 nitrogen and oxygen atoms in total. The van der Waals surface area contributed by atoms with Gasteiger partial charge in [-0.15, -0.1) is 0 Å². The zero-order valence-electron chi connectivity index (χ0n) is 21.2. The molecule has 38 heavy (non-hydrogen) atoms. The first kappa shape index (κ1) is 25.2. The van der Waals surface area contributed by atoms with Crippen molar-refractivity contribution in [2.24, 2.45) is 0 Å². The molecule has 0 N–H and O–H groups in total. The van der Waals surface area contributed by atoms with Gasteiger partial charge in [-0.1, -0.05) is 36.4 Å². The summed E-state index contributed by atoms with van der Waals surface area (Å²) in [5.41, 5.74) is 2.96. The fraction of sp³-hybridized carbons (Fsp3) is 0.267. The molecule has 0 bridgehead atoms. The summed E-state index contributed by atoms with van der Waals surface area (Å²) in [6, 6.07) is 20.8. The summed E-state index contributed by atoms with van der Waals surface area (Å²) in [5.74, 6) is -1.08. The van der Waals surface area contributed by atoms with E-state index in [2.05, 4.69) is 9.80 Å². The lowest BCUT2D eigenvalue weighted by atomic mass is 9.94. The van der Waals surface area contributed by atoms with Crippen molar-refractivity contribution < 1.29 is 19.1 Å². The molecule has 0 aromatic heterocycles. The number of hydrogen-bond donors (Lipinski definition) is 0. The number of nitrogens with zero attached hydrogens (tertiary/aromatic N) is 4. The van der Waals surface area contributed by atoms with Crippen molar-refractivity contribution in [2.75, 3.05) is 50.8 Å². The predicted octanol–water partition coefficient (Wildman–Crippen LogP) is 3.73. The largest absolute Gasteiger partial charge is 0.462 e. The fourth-order valence-corrected chi connectivity index (χ4v) is 5.05. The van der Waals surface area contributed by atoms with Crippen LogP contribution in [0.25, 0.3) is 16.8 Å². The van der Waals surface area contributed by atoms with Crippen molar-refractivity contribution in [2.45, 2.75) is 6.92 Å². The van der Waals surface area contributed by atoms with Gasteiger partial charge in [0.05, 0.1) is 6.61 Å². The average Bonchev–Trinajstić information content (AvgIpc) is 2.95. The van der Waals surface area contributed by atoms with Crippen LogP contribution in [-0.4, -0.2) is 73.5 Å². The van der Waals surface area contributed by atoms with Crippen LogP contribution in [0.3, 0.4) is 0 Å². The third-order valence-corrected chi connectivity index (χ3v) is 7.05. The Morgan fingerprint density at radius 3 is 2.13 bits per heavy atom. The van der Waals surface area contributed by atoms with Gasteiger partial charge in [0.1, 0.15) is 11.6 Å². The van der Waals surface area contributed by atoms with Crippen LogP contribution in [0.4, 0.5) is 5.69 Å². The maximum absolute atomic E-state index is 13.1. The zero-order valence-corrected chi connectivity index (χ0v) is 21.2. The van der Waals surface area contributed by atoms with E-state index >= 15 is 0 Å². The Kier molecular flexibility index (Phi) is 7.20. The minimum Gasteiger partial charge on any atom is -0.462 e. The van der Waals surface area contributed by atoms with Gasteiger partial charge in [-0.2, -0.15) is 5.26 Å². The standard InChI is InChI=1S/C30H28N4O4/c1-2-38-30(37)23(20-31)19-21-9-11-24(12-10-21)33-16-13-32(14-17-33)15-18-34-28(35)25-7-3-5-22-6-4-8-26(27(22)25)29(34)36/h3-12,19H,2,13-18H2,1H3/b23-19+. The van der Waals surface area contributed by atoms with Crippen LogP contribution in [0.15, 0.2) is 66.2 Å². The van der Waals surface area contributed by atoms with Gasteiger partial charge in [-0.05, 0) is 48.2 Å². The molecule has 0 unspecified atom stereocenters. The van der Waals surface area contributed by atoms with Crippen LogP contribution >= 0.6 is 0 Å². The number of esters is 1. The first-order valence-electron chi connectivity index (χ1n) is 12.7. The first-order valence-corrected chi connectivity index (χ1v) is 12.7. The van der Waals surface area contributed by atoms with E-state index in [0.29, 0.717) is 24.2 Å². The molecule has 3 aromatic carbocycles. The number of amides is 2. The van der Waals surface area contributed by atoms with E-state index in [0.717, 1.165) is 48.2 Å². The summed E-state index contributed by atoms with van der Waals surface area (Å²) >= 11 is 0. The number of carbonyl (C=O) groups excluding carboxylic acids is 3. The molecule has 0 radical (unpaired) electrons. The van der Waals surface area contributed by atoms with Crippen molar-refractivity contribution in [3.05, 3.63) is 82.9 Å². The molecule has 3 aromatic rings. The highest BCUT2D eigenvalue weighted by molar-refractivity contribution is 6.25. The number of rotatable bonds is 7. The highest BCUT2D eigenvalue weighted by Crippen LogP contribution is 2.30. The summed E-state index contributed by atoms with van der Waals surface area (Å²) in [7, 11) is 0. The topological polar surface area (TPSA) is 94.0 Å². The summed E-state index contributed by atoms with van der Waals surface area (Å²) in [4.78, 5) is 44.0. The molecule has 2 heterocycles. The number of carbonyl (C=O) groups is 3. The number of anilines is 1. The van der Waals surface area contributed by atoms with Gasteiger partial charge in [-0.25, -0.2) is 4.79 Å². The molecular formula is C30H28N4O4. The van der Waals surface area contributed by atoms with Crippen LogP contribution in [0.2, 0.25) is 0 Å². The summed E-state index contributed by atoms with van der Waals surface area (Å²) < 4.78 is 4.91. The Morgan fingerprint density at radius 2 is 1.55 bits per heavy atom. The second kappa shape index (κ2) is 10.9. The maximum atomic E-state index is 13.1. The minimum atomic E-state index is -0.621. The van der Waals surface area contributed by atoms with E-state index < -0.39 is 5.97 Å². The Labute approximate surface area is 221 Å². The summed E-state index contributed by atoms with van der Waals surface area (Å²) in [6.45, 7) is 6.14. The van der Waals surface area contributed by atoms with Gasteiger partial charge in [0.2, 0.25) is 0 Å². The SMILES string of the molecule is CCOC(=O)/C(C#N)=C/c1ccc(N2CCN(CCN3C(=O)c4cccc5cccc(c45)C3=O)CC2)cc1. The molecule has 2 aliphatic heterocycles. The van der Waals surface area contributed by atoms with Gasteiger partial charge >= 0.3 is 5.97 Å². The van der Waals surface area contributed by atoms with E-state index in [1.54, 1.807) is 19.1 Å². The number of benzene rings is 3. The molecule has 8 heteroatoms. The average molecular weight is 509 g/mol. The molecular weight excluding hydrogens is 480 g/mol. The van der Waals surface area contributed by atoms with E-state index in [1.165, 1.54) is 11.0 Å². The fourth-order valence-electron chi connectivity index (χ4n) is 5.05. The molecule has 1 fully saturated rings. The zero-order chi connectivity index (χ0) is 26.6. The lowest BCUT2D eigenvalue weighted by molar-refractivity contribution is -0.137. The second-order valence-corrected chi connectivity index (χ2v) is 9.28. The number of hydrogen-bond acceptors (Lipinski definition) is 7. The lowest BCUT2D eigenvalue weighted by Crippen LogP contribution is -2.50. The molecule has 0 spiro atoms. The van der Waals surface area contributed by atoms with E-state index in [1.807, 2.05) is 54.6 Å². The minimum absolute atomic E-state index is 0.0287. The highest BCUT2D eigenvalue weighted by Gasteiger charge is 2.32. The monoisotopic (exact) mass is 508 g/mol. The number of imide groups is 1. The van der Waals surface area contributed by atoms with Crippen LogP contribution in [0, 0.1) is 11.3 Å². The molecule has 2 amide bonds. The van der Waals surface area contributed by atoms with Gasteiger partial charge in [0.25, 0.3) is 11.8 Å². The van der Waals surface area contributed by atoms with Gasteiger partial charge in [0, 0.05) is 61.5 Å². The van der Waals surface area contributed by atoms with Crippen LogP contribution in [0.1, 0.15) is 33.2 Å². The van der Waals surface area contributed by atoms with Gasteiger partial charge in [-0.3, -0.25) is 19.4 Å². The first-order chi connectivity index (χ1) is 18.5. The molecule has 0 aliphatic carbocycles. The number of nitriles is 1. The number of piperazine rings is 1. The van der Waals surface area contributed by atoms with E-state index in [4.69, 9.17) is 4.74 Å². The highest BCUT2D eigenvalue weighted by atomic mass is 16.5. The van der Waals surface area contributed by atoms with E-state index in [-0.39, 0.29) is 24.0 Å². The maximum Gasteiger partial charge on any atom is 0.348 e. The Hall–Kier alpha value is -4.48. The van der Waals surface area contributed by atoms with Gasteiger partial charge < -0.3 is 9.64 Å². The quantitative estimate of drug-likeness (QED) is 0.208. The molecule has 2 aliphatic rings. The summed E-state index contributed by atoms with van der Waals surface area (Å²) in [5, 5.41) is 10.9. The third kappa shape index (κ3) is 4.89. The molecule has 5 rings (SSSR count). The molecule has 1 saturated heterocycles. The van der Waals surface area contributed by atoms with Crippen LogP contribution in [-0.2, 0) is 9.53 Å². The Bertz CT molecular complexity index is 1410. The third-order valence-electron chi connectivity index (χ3n) is 7.05. The predicted molar refractivity (Wildman–Crippen MR) is 145 cm³/mol. The van der Waals surface area contributed by atoms with Gasteiger partial charge in [0.15, 0.2) is 0 Å². The molecule has 0 atom stereocenters. The van der Waals surface area contributed by atoms with Crippen LogP contribution < -0.4 is 4.90 Å². The van der Waals surface area contributed by atoms with Crippen molar-refractivity contribution in [3.63, 3.8) is 0 Å². The summed E-state index contributed by atoms with van der Waals surface area (Å²) in [6.07, 6.45) is 1.53.